The summed E-state index contributed by atoms with van der Waals surface area (Å²) in [5.41, 5.74) is 2.60. The van der Waals surface area contributed by atoms with Crippen LogP contribution in [0.5, 0.6) is 0 Å². The third kappa shape index (κ3) is 4.87. The second-order valence-electron chi connectivity index (χ2n) is 9.26. The zero-order chi connectivity index (χ0) is 23.7. The van der Waals surface area contributed by atoms with Gasteiger partial charge in [0.1, 0.15) is 5.82 Å². The maximum absolute atomic E-state index is 13.3. The van der Waals surface area contributed by atoms with Crippen LogP contribution in [0.15, 0.2) is 23.7 Å². The molecule has 7 nitrogen and oxygen atoms in total. The van der Waals surface area contributed by atoms with E-state index < -0.39 is 0 Å². The van der Waals surface area contributed by atoms with E-state index >= 15 is 0 Å². The monoisotopic (exact) mass is 496 g/mol. The SMILES string of the molecule is CCC[C@H]1CN(C2CCC2)CCN1C(=O)c1ccc(Nc2nc(-c3sc(C)nc3C)cs2)nc1. The molecule has 1 N–H and O–H groups in total. The summed E-state index contributed by atoms with van der Waals surface area (Å²) in [6.07, 6.45) is 7.81. The summed E-state index contributed by atoms with van der Waals surface area (Å²) in [6, 6.07) is 4.77. The van der Waals surface area contributed by atoms with Gasteiger partial charge < -0.3 is 10.2 Å². The van der Waals surface area contributed by atoms with Crippen LogP contribution in [0.25, 0.3) is 10.6 Å². The summed E-state index contributed by atoms with van der Waals surface area (Å²) in [5, 5.41) is 7.14. The van der Waals surface area contributed by atoms with Crippen molar-refractivity contribution >= 4 is 39.5 Å². The van der Waals surface area contributed by atoms with E-state index in [-0.39, 0.29) is 11.9 Å². The molecule has 5 rings (SSSR count). The van der Waals surface area contributed by atoms with E-state index in [0.717, 1.165) is 64.9 Å². The lowest BCUT2D eigenvalue weighted by Gasteiger charge is -2.47. The number of pyridine rings is 1. The van der Waals surface area contributed by atoms with E-state index in [1.807, 2.05) is 31.4 Å². The number of thiazole rings is 2. The fourth-order valence-electron chi connectivity index (χ4n) is 4.88. The summed E-state index contributed by atoms with van der Waals surface area (Å²) in [7, 11) is 0. The van der Waals surface area contributed by atoms with Gasteiger partial charge in [-0.15, -0.1) is 22.7 Å². The van der Waals surface area contributed by atoms with Gasteiger partial charge in [0, 0.05) is 43.3 Å². The molecule has 4 heterocycles. The Morgan fingerprint density at radius 1 is 1.21 bits per heavy atom. The van der Waals surface area contributed by atoms with Crippen LogP contribution in [0.3, 0.4) is 0 Å². The number of aromatic nitrogens is 3. The third-order valence-corrected chi connectivity index (χ3v) is 8.73. The molecule has 1 amide bonds. The van der Waals surface area contributed by atoms with Crippen molar-refractivity contribution in [2.24, 2.45) is 0 Å². The number of hydrogen-bond acceptors (Lipinski definition) is 8. The maximum Gasteiger partial charge on any atom is 0.255 e. The predicted octanol–water partition coefficient (Wildman–Crippen LogP) is 5.50. The van der Waals surface area contributed by atoms with Crippen molar-refractivity contribution in [3.05, 3.63) is 40.0 Å². The van der Waals surface area contributed by atoms with Gasteiger partial charge in [0.2, 0.25) is 0 Å². The van der Waals surface area contributed by atoms with Crippen LogP contribution >= 0.6 is 22.7 Å². The summed E-state index contributed by atoms with van der Waals surface area (Å²) in [5.74, 6) is 0.785. The normalized spacial score (nSPS) is 19.3. The number of carbonyl (C=O) groups excluding carboxylic acids is 1. The Kier molecular flexibility index (Phi) is 6.94. The highest BCUT2D eigenvalue weighted by Gasteiger charge is 2.35. The van der Waals surface area contributed by atoms with Crippen molar-refractivity contribution < 1.29 is 4.79 Å². The van der Waals surface area contributed by atoms with Gasteiger partial charge in [-0.3, -0.25) is 9.69 Å². The molecule has 1 atom stereocenters. The van der Waals surface area contributed by atoms with Crippen molar-refractivity contribution in [3.8, 4) is 10.6 Å². The minimum Gasteiger partial charge on any atom is -0.333 e. The van der Waals surface area contributed by atoms with Gasteiger partial charge in [-0.1, -0.05) is 19.8 Å². The van der Waals surface area contributed by atoms with Crippen molar-refractivity contribution in [1.29, 1.82) is 0 Å². The molecule has 0 unspecified atom stereocenters. The quantitative estimate of drug-likeness (QED) is 0.465. The molecule has 180 valence electrons. The van der Waals surface area contributed by atoms with Crippen LogP contribution in [-0.2, 0) is 0 Å². The highest BCUT2D eigenvalue weighted by Crippen LogP contribution is 2.33. The van der Waals surface area contributed by atoms with Crippen LogP contribution in [-0.4, -0.2) is 62.4 Å². The first-order chi connectivity index (χ1) is 16.5. The standard InChI is InChI=1S/C25H32N6OS2/c1-4-6-20-14-30(19-7-5-8-19)11-12-31(20)24(32)18-9-10-22(26-13-18)29-25-28-21(15-33-25)23-16(2)27-17(3)34-23/h9-10,13,15,19-20H,4-8,11-12,14H2,1-3H3,(H,26,28,29)/t20-/m0/s1. The smallest absolute Gasteiger partial charge is 0.255 e. The molecule has 3 aromatic rings. The lowest BCUT2D eigenvalue weighted by molar-refractivity contribution is 0.0187. The van der Waals surface area contributed by atoms with E-state index in [4.69, 9.17) is 4.98 Å². The second-order valence-corrected chi connectivity index (χ2v) is 11.3. The van der Waals surface area contributed by atoms with Crippen molar-refractivity contribution in [3.63, 3.8) is 0 Å². The summed E-state index contributed by atoms with van der Waals surface area (Å²) < 4.78 is 0. The van der Waals surface area contributed by atoms with Gasteiger partial charge in [-0.25, -0.2) is 15.0 Å². The molecule has 0 bridgehead atoms. The number of carbonyl (C=O) groups is 1. The Morgan fingerprint density at radius 3 is 2.71 bits per heavy atom. The molecule has 1 aliphatic heterocycles. The highest BCUT2D eigenvalue weighted by molar-refractivity contribution is 7.16. The molecule has 2 aliphatic rings. The first kappa shape index (κ1) is 23.4. The molecule has 1 saturated heterocycles. The van der Waals surface area contributed by atoms with Gasteiger partial charge in [0.15, 0.2) is 5.13 Å². The zero-order valence-electron chi connectivity index (χ0n) is 20.1. The van der Waals surface area contributed by atoms with Crippen LogP contribution < -0.4 is 5.32 Å². The zero-order valence-corrected chi connectivity index (χ0v) is 21.7. The Labute approximate surface area is 209 Å². The number of amides is 1. The van der Waals surface area contributed by atoms with Gasteiger partial charge in [-0.2, -0.15) is 0 Å². The van der Waals surface area contributed by atoms with Gasteiger partial charge in [-0.05, 0) is 45.2 Å². The molecule has 2 fully saturated rings. The first-order valence-electron chi connectivity index (χ1n) is 12.2. The molecular formula is C25H32N6OS2. The van der Waals surface area contributed by atoms with E-state index in [1.54, 1.807) is 28.9 Å². The third-order valence-electron chi connectivity index (χ3n) is 6.87. The lowest BCUT2D eigenvalue weighted by atomic mass is 9.90. The van der Waals surface area contributed by atoms with Crippen LogP contribution in [0.1, 0.15) is 60.1 Å². The van der Waals surface area contributed by atoms with Crippen LogP contribution in [0.2, 0.25) is 0 Å². The lowest BCUT2D eigenvalue weighted by Crippen LogP contribution is -2.58. The summed E-state index contributed by atoms with van der Waals surface area (Å²) >= 11 is 3.20. The van der Waals surface area contributed by atoms with Gasteiger partial charge in [0.25, 0.3) is 5.91 Å². The first-order valence-corrected chi connectivity index (χ1v) is 13.9. The molecule has 3 aromatic heterocycles. The fraction of sp³-hybridized carbons (Fsp3) is 0.520. The Bertz CT molecular complexity index is 1140. The Balaban J connectivity index is 1.24. The molecule has 0 aromatic carbocycles. The topological polar surface area (TPSA) is 74.2 Å². The van der Waals surface area contributed by atoms with E-state index in [1.165, 1.54) is 19.3 Å². The number of hydrogen-bond donors (Lipinski definition) is 1. The van der Waals surface area contributed by atoms with Crippen molar-refractivity contribution in [2.75, 3.05) is 25.0 Å². The molecule has 9 heteroatoms. The maximum atomic E-state index is 13.3. The Morgan fingerprint density at radius 2 is 2.06 bits per heavy atom. The summed E-state index contributed by atoms with van der Waals surface area (Å²) in [6.45, 7) is 9.02. The average Bonchev–Trinajstić information content (AvgIpc) is 3.38. The molecule has 1 saturated carbocycles. The number of piperazine rings is 1. The Hall–Kier alpha value is -2.36. The molecule has 34 heavy (non-hydrogen) atoms. The fourth-order valence-corrected chi connectivity index (χ4v) is 6.55. The van der Waals surface area contributed by atoms with Crippen molar-refractivity contribution in [1.82, 2.24) is 24.8 Å². The molecule has 0 radical (unpaired) electrons. The number of nitrogens with one attached hydrogen (secondary N) is 1. The minimum absolute atomic E-state index is 0.0957. The van der Waals surface area contributed by atoms with Gasteiger partial charge >= 0.3 is 0 Å². The predicted molar refractivity (Wildman–Crippen MR) is 139 cm³/mol. The van der Waals surface area contributed by atoms with Gasteiger partial charge in [0.05, 0.1) is 26.8 Å². The van der Waals surface area contributed by atoms with Crippen LogP contribution in [0, 0.1) is 13.8 Å². The summed E-state index contributed by atoms with van der Waals surface area (Å²) in [4.78, 5) is 32.8. The second kappa shape index (κ2) is 10.1. The average molecular weight is 497 g/mol. The van der Waals surface area contributed by atoms with Crippen molar-refractivity contribution in [2.45, 2.75) is 65.0 Å². The van der Waals surface area contributed by atoms with E-state index in [2.05, 4.69) is 32.0 Å². The van der Waals surface area contributed by atoms with E-state index in [0.29, 0.717) is 11.4 Å². The number of rotatable bonds is 7. The number of anilines is 2. The number of aryl methyl sites for hydroxylation is 2. The largest absolute Gasteiger partial charge is 0.333 e. The molecule has 0 spiro atoms. The molecule has 1 aliphatic carbocycles. The highest BCUT2D eigenvalue weighted by atomic mass is 32.1. The minimum atomic E-state index is 0.0957. The van der Waals surface area contributed by atoms with E-state index in [9.17, 15) is 4.79 Å². The molecular weight excluding hydrogens is 464 g/mol. The van der Waals surface area contributed by atoms with Crippen LogP contribution in [0.4, 0.5) is 10.9 Å². The number of nitrogens with zero attached hydrogens (tertiary/aromatic N) is 5.